The third kappa shape index (κ3) is 9.01. The molecule has 4 atom stereocenters. The average Bonchev–Trinajstić information content (AvgIpc) is 3.48. The molecule has 37 heavy (non-hydrogen) atoms. The standard InChI is InChI=1S/C24H38F3N5O4Si/c1-22(2,3)17(31-21(36)24(25,26)27)20(35)30-16(13-37(4,5)6)19(34)29-15(12-28)11-14-7-8-23(9-10-23)32-18(14)33/h14-17H,7-11,13H2,1-6H3,(H,29,34)(H,30,35)(H,31,36)(H,32,33). The van der Waals surface area contributed by atoms with Crippen molar-refractivity contribution in [2.45, 2.75) is 108 Å². The Morgan fingerprint density at radius 1 is 1.08 bits per heavy atom. The molecule has 2 fully saturated rings. The second-order valence-corrected chi connectivity index (χ2v) is 18.1. The minimum absolute atomic E-state index is 0.100. The zero-order chi connectivity index (χ0) is 28.4. The number of hydrogen-bond donors (Lipinski definition) is 4. The van der Waals surface area contributed by atoms with Crippen LogP contribution in [0.1, 0.15) is 52.9 Å². The van der Waals surface area contributed by atoms with Gasteiger partial charge in [-0.05, 0) is 43.6 Å². The molecule has 4 amide bonds. The maximum absolute atomic E-state index is 13.2. The smallest absolute Gasteiger partial charge is 0.350 e. The molecule has 13 heteroatoms. The number of halogens is 3. The van der Waals surface area contributed by atoms with Crippen LogP contribution in [0.15, 0.2) is 0 Å². The molecule has 0 bridgehead atoms. The first kappa shape index (κ1) is 30.6. The van der Waals surface area contributed by atoms with Gasteiger partial charge in [0, 0.05) is 19.5 Å². The first-order valence-electron chi connectivity index (χ1n) is 12.5. The van der Waals surface area contributed by atoms with Crippen LogP contribution in [-0.4, -0.2) is 61.5 Å². The number of carbonyl (C=O) groups excluding carboxylic acids is 4. The zero-order valence-electron chi connectivity index (χ0n) is 22.3. The van der Waals surface area contributed by atoms with Gasteiger partial charge in [0.2, 0.25) is 17.7 Å². The van der Waals surface area contributed by atoms with Gasteiger partial charge >= 0.3 is 12.1 Å². The van der Waals surface area contributed by atoms with E-state index in [-0.39, 0.29) is 23.9 Å². The van der Waals surface area contributed by atoms with Crippen LogP contribution in [0.4, 0.5) is 13.2 Å². The van der Waals surface area contributed by atoms with Crippen molar-refractivity contribution in [2.24, 2.45) is 11.3 Å². The van der Waals surface area contributed by atoms with Crippen molar-refractivity contribution in [3.8, 4) is 6.07 Å². The van der Waals surface area contributed by atoms with E-state index >= 15 is 0 Å². The molecule has 1 saturated carbocycles. The monoisotopic (exact) mass is 545 g/mol. The quantitative estimate of drug-likeness (QED) is 0.329. The van der Waals surface area contributed by atoms with Crippen LogP contribution >= 0.6 is 0 Å². The molecule has 208 valence electrons. The highest BCUT2D eigenvalue weighted by molar-refractivity contribution is 6.76. The summed E-state index contributed by atoms with van der Waals surface area (Å²) in [5.41, 5.74) is -1.19. The van der Waals surface area contributed by atoms with Crippen molar-refractivity contribution in [2.75, 3.05) is 0 Å². The number of rotatable bonds is 9. The molecule has 0 radical (unpaired) electrons. The second kappa shape index (κ2) is 11.0. The largest absolute Gasteiger partial charge is 0.471 e. The average molecular weight is 546 g/mol. The molecule has 1 saturated heterocycles. The highest BCUT2D eigenvalue weighted by atomic mass is 28.3. The van der Waals surface area contributed by atoms with Gasteiger partial charge in [-0.25, -0.2) is 0 Å². The van der Waals surface area contributed by atoms with Gasteiger partial charge in [0.1, 0.15) is 18.1 Å². The molecule has 4 N–H and O–H groups in total. The van der Waals surface area contributed by atoms with E-state index in [0.717, 1.165) is 19.3 Å². The first-order chi connectivity index (χ1) is 16.8. The van der Waals surface area contributed by atoms with Crippen LogP contribution < -0.4 is 21.3 Å². The van der Waals surface area contributed by atoms with Gasteiger partial charge in [-0.15, -0.1) is 0 Å². The number of amides is 4. The van der Waals surface area contributed by atoms with Crippen molar-refractivity contribution < 1.29 is 32.3 Å². The van der Waals surface area contributed by atoms with Crippen LogP contribution in [-0.2, 0) is 19.2 Å². The molecule has 1 spiro atoms. The van der Waals surface area contributed by atoms with E-state index in [9.17, 15) is 37.6 Å². The van der Waals surface area contributed by atoms with Gasteiger partial charge in [0.15, 0.2) is 0 Å². The first-order valence-corrected chi connectivity index (χ1v) is 16.2. The van der Waals surface area contributed by atoms with E-state index in [4.69, 9.17) is 0 Å². The minimum atomic E-state index is -5.18. The van der Waals surface area contributed by atoms with Gasteiger partial charge in [-0.1, -0.05) is 40.4 Å². The van der Waals surface area contributed by atoms with E-state index < -0.39 is 61.4 Å². The Kier molecular flexibility index (Phi) is 9.10. The van der Waals surface area contributed by atoms with E-state index in [1.54, 1.807) is 5.32 Å². The summed E-state index contributed by atoms with van der Waals surface area (Å²) in [7, 11) is -2.01. The summed E-state index contributed by atoms with van der Waals surface area (Å²) in [6, 6.07) is -1.42. The lowest BCUT2D eigenvalue weighted by Gasteiger charge is -2.33. The van der Waals surface area contributed by atoms with Crippen LogP contribution in [0.25, 0.3) is 0 Å². The second-order valence-electron chi connectivity index (χ2n) is 12.5. The number of nitrogens with zero attached hydrogens (tertiary/aromatic N) is 1. The number of piperidine rings is 1. The molecule has 9 nitrogen and oxygen atoms in total. The van der Waals surface area contributed by atoms with Gasteiger partial charge in [-0.3, -0.25) is 19.2 Å². The SMILES string of the molecule is CC(C)(C)C(NC(=O)C(F)(F)F)C(=O)NC(C[Si](C)(C)C)C(=O)NC(C#N)CC1CCC2(CC2)NC1=O. The lowest BCUT2D eigenvalue weighted by atomic mass is 9.86. The topological polar surface area (TPSA) is 140 Å². The molecular formula is C24H38F3N5O4Si. The third-order valence-electron chi connectivity index (χ3n) is 6.69. The Morgan fingerprint density at radius 3 is 2.11 bits per heavy atom. The molecule has 2 aliphatic rings. The summed E-state index contributed by atoms with van der Waals surface area (Å²) in [5, 5.41) is 19.5. The van der Waals surface area contributed by atoms with Gasteiger partial charge < -0.3 is 21.3 Å². The van der Waals surface area contributed by atoms with Crippen LogP contribution in [0.2, 0.25) is 25.7 Å². The molecule has 1 aliphatic carbocycles. The van der Waals surface area contributed by atoms with Crippen molar-refractivity contribution >= 4 is 31.7 Å². The molecule has 1 aliphatic heterocycles. The summed E-state index contributed by atoms with van der Waals surface area (Å²) < 4.78 is 38.6. The number of nitriles is 1. The predicted molar refractivity (Wildman–Crippen MR) is 133 cm³/mol. The Labute approximate surface area is 216 Å². The maximum Gasteiger partial charge on any atom is 0.471 e. The fourth-order valence-corrected chi connectivity index (χ4v) is 5.94. The third-order valence-corrected chi connectivity index (χ3v) is 8.32. The molecular weight excluding hydrogens is 507 g/mol. The highest BCUT2D eigenvalue weighted by Crippen LogP contribution is 2.44. The predicted octanol–water partition coefficient (Wildman–Crippen LogP) is 2.36. The molecule has 0 aromatic rings. The van der Waals surface area contributed by atoms with E-state index in [2.05, 4.69) is 16.0 Å². The number of hydrogen-bond acceptors (Lipinski definition) is 5. The van der Waals surface area contributed by atoms with Crippen LogP contribution in [0, 0.1) is 22.7 Å². The fraction of sp³-hybridized carbons (Fsp3) is 0.792. The van der Waals surface area contributed by atoms with E-state index in [0.29, 0.717) is 6.42 Å². The van der Waals surface area contributed by atoms with Crippen molar-refractivity contribution in [1.29, 1.82) is 5.26 Å². The van der Waals surface area contributed by atoms with Crippen molar-refractivity contribution in [3.63, 3.8) is 0 Å². The molecule has 1 heterocycles. The van der Waals surface area contributed by atoms with Gasteiger partial charge in [0.05, 0.1) is 6.07 Å². The Hall–Kier alpha value is -2.62. The maximum atomic E-state index is 13.2. The van der Waals surface area contributed by atoms with Gasteiger partial charge in [-0.2, -0.15) is 18.4 Å². The molecule has 0 aromatic heterocycles. The number of carbonyl (C=O) groups is 4. The number of alkyl halides is 3. The Morgan fingerprint density at radius 2 is 1.68 bits per heavy atom. The molecule has 2 rings (SSSR count). The Bertz CT molecular complexity index is 948. The number of nitrogens with one attached hydrogen (secondary N) is 4. The lowest BCUT2D eigenvalue weighted by molar-refractivity contribution is -0.175. The van der Waals surface area contributed by atoms with E-state index in [1.807, 2.05) is 25.7 Å². The Balaban J connectivity index is 2.13. The fourth-order valence-electron chi connectivity index (χ4n) is 4.42. The van der Waals surface area contributed by atoms with Crippen LogP contribution in [0.5, 0.6) is 0 Å². The summed E-state index contributed by atoms with van der Waals surface area (Å²) in [5.74, 6) is -4.41. The van der Waals surface area contributed by atoms with Crippen molar-refractivity contribution in [1.82, 2.24) is 21.3 Å². The molecule has 0 aromatic carbocycles. The summed E-state index contributed by atoms with van der Waals surface area (Å²) in [6.45, 7) is 10.3. The van der Waals surface area contributed by atoms with Crippen molar-refractivity contribution in [3.05, 3.63) is 0 Å². The van der Waals surface area contributed by atoms with Crippen LogP contribution in [0.3, 0.4) is 0 Å². The van der Waals surface area contributed by atoms with Gasteiger partial charge in [0.25, 0.3) is 0 Å². The summed E-state index contributed by atoms with van der Waals surface area (Å²) in [4.78, 5) is 50.3. The lowest BCUT2D eigenvalue weighted by Crippen LogP contribution is -2.60. The highest BCUT2D eigenvalue weighted by Gasteiger charge is 2.48. The summed E-state index contributed by atoms with van der Waals surface area (Å²) in [6.07, 6.45) is -1.74. The summed E-state index contributed by atoms with van der Waals surface area (Å²) >= 11 is 0. The van der Waals surface area contributed by atoms with E-state index in [1.165, 1.54) is 20.8 Å². The normalized spacial score (nSPS) is 21.6. The minimum Gasteiger partial charge on any atom is -0.350 e. The molecule has 4 unspecified atom stereocenters. The zero-order valence-corrected chi connectivity index (χ0v) is 23.3.